The van der Waals surface area contributed by atoms with E-state index in [-0.39, 0.29) is 6.04 Å². The second-order valence-electron chi connectivity index (χ2n) is 4.66. The first-order valence-corrected chi connectivity index (χ1v) is 7.41. The number of methoxy groups -OCH3 is 2. The van der Waals surface area contributed by atoms with E-state index in [1.165, 1.54) is 5.56 Å². The Bertz CT molecular complexity index is 632. The molecule has 2 rings (SSSR count). The number of hydrogen-bond donors (Lipinski definition) is 1. The van der Waals surface area contributed by atoms with E-state index in [0.717, 1.165) is 27.1 Å². The van der Waals surface area contributed by atoms with Crippen LogP contribution in [-0.2, 0) is 0 Å². The Kier molecular flexibility index (Phi) is 5.20. The number of benzene rings is 1. The van der Waals surface area contributed by atoms with E-state index < -0.39 is 0 Å². The first-order chi connectivity index (χ1) is 10.1. The molecule has 0 aliphatic heterocycles. The maximum absolute atomic E-state index is 5.58. The van der Waals surface area contributed by atoms with Crippen LogP contribution in [0.5, 0.6) is 11.5 Å². The van der Waals surface area contributed by atoms with Crippen molar-refractivity contribution < 1.29 is 9.47 Å². The van der Waals surface area contributed by atoms with Gasteiger partial charge in [-0.05, 0) is 59.2 Å². The van der Waals surface area contributed by atoms with Gasteiger partial charge in [0.2, 0.25) is 0 Å². The molecule has 0 aliphatic carbocycles. The third-order valence-corrected chi connectivity index (χ3v) is 4.24. The van der Waals surface area contributed by atoms with Crippen molar-refractivity contribution in [2.45, 2.75) is 13.0 Å². The fourth-order valence-corrected chi connectivity index (χ4v) is 3.12. The molecule has 2 aromatic rings. The van der Waals surface area contributed by atoms with Crippen LogP contribution in [0.4, 0.5) is 0 Å². The summed E-state index contributed by atoms with van der Waals surface area (Å²) in [7, 11) is 5.24. The number of nitrogens with zero attached hydrogens (tertiary/aromatic N) is 1. The van der Waals surface area contributed by atoms with Crippen molar-refractivity contribution in [2.24, 2.45) is 0 Å². The van der Waals surface area contributed by atoms with E-state index >= 15 is 0 Å². The van der Waals surface area contributed by atoms with Crippen LogP contribution in [0.2, 0.25) is 0 Å². The van der Waals surface area contributed by atoms with Crippen LogP contribution in [0.15, 0.2) is 35.1 Å². The van der Waals surface area contributed by atoms with Gasteiger partial charge in [0.1, 0.15) is 16.0 Å². The maximum Gasteiger partial charge on any atom is 0.141 e. The van der Waals surface area contributed by atoms with Gasteiger partial charge in [-0.2, -0.15) is 0 Å². The minimum Gasteiger partial charge on any atom is -0.495 e. The minimum absolute atomic E-state index is 0.0187. The van der Waals surface area contributed by atoms with Gasteiger partial charge in [-0.1, -0.05) is 0 Å². The monoisotopic (exact) mass is 350 g/mol. The van der Waals surface area contributed by atoms with Gasteiger partial charge < -0.3 is 14.8 Å². The number of aryl methyl sites for hydroxylation is 1. The standard InChI is InChI=1S/C16H19BrN2O2/c1-10-9-19-8-7-11(10)15(18-2)12-5-6-13(20-3)14(17)16(12)21-4/h5-9,15,18H,1-4H3. The van der Waals surface area contributed by atoms with Crippen LogP contribution in [0.3, 0.4) is 0 Å². The van der Waals surface area contributed by atoms with Gasteiger partial charge in [0.15, 0.2) is 0 Å². The van der Waals surface area contributed by atoms with Crippen molar-refractivity contribution in [2.75, 3.05) is 21.3 Å². The van der Waals surface area contributed by atoms with E-state index in [4.69, 9.17) is 9.47 Å². The van der Waals surface area contributed by atoms with Crippen LogP contribution in [-0.4, -0.2) is 26.3 Å². The van der Waals surface area contributed by atoms with Gasteiger partial charge in [0.05, 0.1) is 20.3 Å². The molecule has 1 aromatic heterocycles. The predicted molar refractivity (Wildman–Crippen MR) is 87.1 cm³/mol. The Morgan fingerprint density at radius 3 is 2.48 bits per heavy atom. The quantitative estimate of drug-likeness (QED) is 0.896. The molecule has 0 amide bonds. The normalized spacial score (nSPS) is 12.0. The molecule has 1 N–H and O–H groups in total. The van der Waals surface area contributed by atoms with Crippen LogP contribution >= 0.6 is 15.9 Å². The summed E-state index contributed by atoms with van der Waals surface area (Å²) < 4.78 is 11.7. The number of ether oxygens (including phenoxy) is 2. The van der Waals surface area contributed by atoms with Crippen molar-refractivity contribution in [3.05, 3.63) is 51.8 Å². The first kappa shape index (κ1) is 15.8. The van der Waals surface area contributed by atoms with Gasteiger partial charge in [0, 0.05) is 18.0 Å². The molecule has 0 saturated heterocycles. The molecule has 1 heterocycles. The molecule has 0 saturated carbocycles. The highest BCUT2D eigenvalue weighted by molar-refractivity contribution is 9.10. The zero-order valence-electron chi connectivity index (χ0n) is 12.6. The van der Waals surface area contributed by atoms with Crippen LogP contribution in [0.25, 0.3) is 0 Å². The summed E-state index contributed by atoms with van der Waals surface area (Å²) in [5.74, 6) is 1.52. The van der Waals surface area contributed by atoms with Gasteiger partial charge in [-0.25, -0.2) is 0 Å². The fraction of sp³-hybridized carbons (Fsp3) is 0.312. The molecule has 1 aromatic carbocycles. The molecule has 1 atom stereocenters. The lowest BCUT2D eigenvalue weighted by molar-refractivity contribution is 0.383. The molecule has 4 nitrogen and oxygen atoms in total. The summed E-state index contributed by atoms with van der Waals surface area (Å²) in [5, 5.41) is 3.35. The number of pyridine rings is 1. The summed E-state index contributed by atoms with van der Waals surface area (Å²) in [6.07, 6.45) is 3.67. The highest BCUT2D eigenvalue weighted by atomic mass is 79.9. The molecule has 0 fully saturated rings. The Hall–Kier alpha value is -1.59. The zero-order valence-corrected chi connectivity index (χ0v) is 14.2. The molecule has 112 valence electrons. The average Bonchev–Trinajstić information content (AvgIpc) is 2.50. The molecule has 0 bridgehead atoms. The highest BCUT2D eigenvalue weighted by Gasteiger charge is 2.21. The maximum atomic E-state index is 5.58. The summed E-state index contributed by atoms with van der Waals surface area (Å²) in [4.78, 5) is 4.15. The lowest BCUT2D eigenvalue weighted by Gasteiger charge is -2.22. The van der Waals surface area contributed by atoms with E-state index in [1.54, 1.807) is 20.4 Å². The van der Waals surface area contributed by atoms with E-state index in [1.807, 2.05) is 31.4 Å². The van der Waals surface area contributed by atoms with Gasteiger partial charge >= 0.3 is 0 Å². The van der Waals surface area contributed by atoms with Crippen molar-refractivity contribution in [1.29, 1.82) is 0 Å². The largest absolute Gasteiger partial charge is 0.495 e. The van der Waals surface area contributed by atoms with Gasteiger partial charge in [-0.15, -0.1) is 0 Å². The molecule has 21 heavy (non-hydrogen) atoms. The molecule has 0 radical (unpaired) electrons. The number of rotatable bonds is 5. The Labute approximate surface area is 133 Å². The minimum atomic E-state index is 0.0187. The number of hydrogen-bond acceptors (Lipinski definition) is 4. The number of halogens is 1. The fourth-order valence-electron chi connectivity index (χ4n) is 2.43. The number of aromatic nitrogens is 1. The van der Waals surface area contributed by atoms with Crippen molar-refractivity contribution in [3.8, 4) is 11.5 Å². The van der Waals surface area contributed by atoms with Crippen molar-refractivity contribution in [1.82, 2.24) is 10.3 Å². The zero-order chi connectivity index (χ0) is 15.4. The van der Waals surface area contributed by atoms with Gasteiger partial charge in [-0.3, -0.25) is 4.98 Å². The second-order valence-corrected chi connectivity index (χ2v) is 5.45. The Morgan fingerprint density at radius 2 is 1.90 bits per heavy atom. The molecule has 1 unspecified atom stereocenters. The van der Waals surface area contributed by atoms with Crippen LogP contribution in [0, 0.1) is 6.92 Å². The molecule has 0 aliphatic rings. The van der Waals surface area contributed by atoms with E-state index in [0.29, 0.717) is 0 Å². The smallest absolute Gasteiger partial charge is 0.141 e. The lowest BCUT2D eigenvalue weighted by atomic mass is 9.95. The van der Waals surface area contributed by atoms with Crippen LogP contribution < -0.4 is 14.8 Å². The predicted octanol–water partition coefficient (Wildman–Crippen LogP) is 3.48. The van der Waals surface area contributed by atoms with E-state index in [9.17, 15) is 0 Å². The van der Waals surface area contributed by atoms with E-state index in [2.05, 4.69) is 33.2 Å². The van der Waals surface area contributed by atoms with Crippen LogP contribution in [0.1, 0.15) is 22.7 Å². The Morgan fingerprint density at radius 1 is 1.14 bits per heavy atom. The first-order valence-electron chi connectivity index (χ1n) is 6.62. The molecular weight excluding hydrogens is 332 g/mol. The molecular formula is C16H19BrN2O2. The molecule has 0 spiro atoms. The second kappa shape index (κ2) is 6.91. The van der Waals surface area contributed by atoms with Crippen molar-refractivity contribution in [3.63, 3.8) is 0 Å². The summed E-state index contributed by atoms with van der Waals surface area (Å²) >= 11 is 3.55. The SMILES string of the molecule is CNC(c1ccncc1C)c1ccc(OC)c(Br)c1OC. The van der Waals surface area contributed by atoms with Gasteiger partial charge in [0.25, 0.3) is 0 Å². The topological polar surface area (TPSA) is 43.4 Å². The van der Waals surface area contributed by atoms with Crippen molar-refractivity contribution >= 4 is 15.9 Å². The lowest BCUT2D eigenvalue weighted by Crippen LogP contribution is -2.19. The Balaban J connectivity index is 2.58. The number of nitrogens with one attached hydrogen (secondary N) is 1. The summed E-state index contributed by atoms with van der Waals surface area (Å²) in [5.41, 5.74) is 3.34. The summed E-state index contributed by atoms with van der Waals surface area (Å²) in [6.45, 7) is 2.05. The average molecular weight is 351 g/mol. The summed E-state index contributed by atoms with van der Waals surface area (Å²) in [6, 6.07) is 5.99. The third-order valence-electron chi connectivity index (χ3n) is 3.49. The highest BCUT2D eigenvalue weighted by Crippen LogP contribution is 2.41. The molecule has 5 heteroatoms. The third kappa shape index (κ3) is 3.04.